The van der Waals surface area contributed by atoms with Crippen LogP contribution in [0.5, 0.6) is 0 Å². The van der Waals surface area contributed by atoms with Gasteiger partial charge in [0, 0.05) is 18.3 Å². The lowest BCUT2D eigenvalue weighted by Crippen LogP contribution is -2.23. The monoisotopic (exact) mass is 460 g/mol. The molecule has 168 valence electrons. The number of rotatable bonds is 6. The van der Waals surface area contributed by atoms with Crippen LogP contribution in [0.25, 0.3) is 16.9 Å². The predicted molar refractivity (Wildman–Crippen MR) is 127 cm³/mol. The lowest BCUT2D eigenvalue weighted by Gasteiger charge is -2.08. The fourth-order valence-electron chi connectivity index (χ4n) is 3.61. The molecule has 0 fully saturated rings. The van der Waals surface area contributed by atoms with E-state index in [-0.39, 0.29) is 17.3 Å². The van der Waals surface area contributed by atoms with Gasteiger partial charge in [-0.2, -0.15) is 5.10 Å². The van der Waals surface area contributed by atoms with Crippen LogP contribution in [0.4, 0.5) is 0 Å². The van der Waals surface area contributed by atoms with Gasteiger partial charge in [0.15, 0.2) is 0 Å². The standard InChI is InChI=1S/C25H24N4O3S/c1-17-8-13-22(18(2)14-17)24-23(16-29(28-24)20-6-4-3-5-7-20)25(30)27-15-19-9-11-21(12-10-19)33(26,31)32/h3-14,16H,15H2,1-2H3,(H,27,30)(H2,26,31,32). The zero-order valence-corrected chi connectivity index (χ0v) is 19.1. The van der Waals surface area contributed by atoms with Crippen molar-refractivity contribution in [3.8, 4) is 16.9 Å². The number of carbonyl (C=O) groups excluding carboxylic acids is 1. The summed E-state index contributed by atoms with van der Waals surface area (Å²) in [6.45, 7) is 4.25. The van der Waals surface area contributed by atoms with E-state index in [0.717, 1.165) is 27.9 Å². The quantitative estimate of drug-likeness (QED) is 0.457. The fourth-order valence-corrected chi connectivity index (χ4v) is 4.12. The van der Waals surface area contributed by atoms with E-state index in [9.17, 15) is 13.2 Å². The Morgan fingerprint density at radius 3 is 2.33 bits per heavy atom. The molecule has 0 saturated carbocycles. The third-order valence-corrected chi connectivity index (χ3v) is 6.25. The van der Waals surface area contributed by atoms with Crippen LogP contribution in [0.1, 0.15) is 27.0 Å². The molecule has 0 aliphatic heterocycles. The molecule has 1 aromatic heterocycles. The number of nitrogens with zero attached hydrogens (tertiary/aromatic N) is 2. The number of benzene rings is 3. The smallest absolute Gasteiger partial charge is 0.255 e. The summed E-state index contributed by atoms with van der Waals surface area (Å²) in [6.07, 6.45) is 1.73. The lowest BCUT2D eigenvalue weighted by molar-refractivity contribution is 0.0951. The first kappa shape index (κ1) is 22.4. The molecule has 0 spiro atoms. The molecular formula is C25H24N4O3S. The van der Waals surface area contributed by atoms with Crippen LogP contribution in [0.2, 0.25) is 0 Å². The van der Waals surface area contributed by atoms with E-state index in [4.69, 9.17) is 10.2 Å². The molecule has 4 aromatic rings. The number of aromatic nitrogens is 2. The van der Waals surface area contributed by atoms with Crippen molar-refractivity contribution < 1.29 is 13.2 Å². The Hall–Kier alpha value is -3.75. The molecule has 0 aliphatic carbocycles. The van der Waals surface area contributed by atoms with Gasteiger partial charge in [0.05, 0.1) is 16.1 Å². The van der Waals surface area contributed by atoms with E-state index < -0.39 is 10.0 Å². The Bertz CT molecular complexity index is 1410. The molecule has 3 N–H and O–H groups in total. The van der Waals surface area contributed by atoms with Crippen LogP contribution in [-0.4, -0.2) is 24.1 Å². The van der Waals surface area contributed by atoms with Gasteiger partial charge in [-0.1, -0.05) is 54.1 Å². The Morgan fingerprint density at radius 2 is 1.70 bits per heavy atom. The molecular weight excluding hydrogens is 436 g/mol. The number of primary sulfonamides is 1. The third-order valence-electron chi connectivity index (χ3n) is 5.32. The van der Waals surface area contributed by atoms with Crippen molar-refractivity contribution in [1.29, 1.82) is 0 Å². The molecule has 0 radical (unpaired) electrons. The maximum absolute atomic E-state index is 13.2. The lowest BCUT2D eigenvalue weighted by atomic mass is 10.0. The maximum atomic E-state index is 13.2. The molecule has 0 saturated heterocycles. The molecule has 0 atom stereocenters. The topological polar surface area (TPSA) is 107 Å². The number of nitrogens with one attached hydrogen (secondary N) is 1. The van der Waals surface area contributed by atoms with E-state index in [1.54, 1.807) is 23.0 Å². The van der Waals surface area contributed by atoms with Crippen LogP contribution in [0.15, 0.2) is 83.9 Å². The first-order valence-corrected chi connectivity index (χ1v) is 11.9. The summed E-state index contributed by atoms with van der Waals surface area (Å²) in [5.41, 5.74) is 5.69. The molecule has 4 rings (SSSR count). The van der Waals surface area contributed by atoms with Crippen molar-refractivity contribution in [1.82, 2.24) is 15.1 Å². The summed E-state index contributed by atoms with van der Waals surface area (Å²) >= 11 is 0. The second-order valence-corrected chi connectivity index (χ2v) is 9.42. The number of aryl methyl sites for hydroxylation is 2. The predicted octanol–water partition coefficient (Wildman–Crippen LogP) is 3.73. The summed E-state index contributed by atoms with van der Waals surface area (Å²) in [5, 5.41) is 12.8. The number of sulfonamides is 1. The first-order chi connectivity index (χ1) is 15.7. The Morgan fingerprint density at radius 1 is 1.00 bits per heavy atom. The van der Waals surface area contributed by atoms with Gasteiger partial charge in [0.25, 0.3) is 5.91 Å². The molecule has 7 nitrogen and oxygen atoms in total. The summed E-state index contributed by atoms with van der Waals surface area (Å²) in [7, 11) is -3.76. The van der Waals surface area contributed by atoms with Gasteiger partial charge in [0.2, 0.25) is 10.0 Å². The summed E-state index contributed by atoms with van der Waals surface area (Å²) in [4.78, 5) is 13.2. The number of amides is 1. The van der Waals surface area contributed by atoms with Gasteiger partial charge < -0.3 is 5.32 Å². The number of hydrogen-bond donors (Lipinski definition) is 2. The van der Waals surface area contributed by atoms with Crippen molar-refractivity contribution in [3.63, 3.8) is 0 Å². The van der Waals surface area contributed by atoms with Crippen molar-refractivity contribution in [3.05, 3.63) is 101 Å². The third kappa shape index (κ3) is 5.02. The fraction of sp³-hybridized carbons (Fsp3) is 0.120. The number of carbonyl (C=O) groups is 1. The molecule has 3 aromatic carbocycles. The van der Waals surface area contributed by atoms with Crippen molar-refractivity contribution in [2.75, 3.05) is 0 Å². The average molecular weight is 461 g/mol. The molecule has 1 amide bonds. The second kappa shape index (κ2) is 9.01. The SMILES string of the molecule is Cc1ccc(-c2nn(-c3ccccc3)cc2C(=O)NCc2ccc(S(N)(=O)=O)cc2)c(C)c1. The zero-order valence-electron chi connectivity index (χ0n) is 18.3. The van der Waals surface area contributed by atoms with Crippen LogP contribution in [0.3, 0.4) is 0 Å². The molecule has 33 heavy (non-hydrogen) atoms. The summed E-state index contributed by atoms with van der Waals surface area (Å²) in [6, 6.07) is 21.7. The summed E-state index contributed by atoms with van der Waals surface area (Å²) in [5.74, 6) is -0.275. The highest BCUT2D eigenvalue weighted by Gasteiger charge is 2.20. The van der Waals surface area contributed by atoms with Crippen LogP contribution < -0.4 is 10.5 Å². The van der Waals surface area contributed by atoms with Crippen molar-refractivity contribution in [2.24, 2.45) is 5.14 Å². The Balaban J connectivity index is 1.65. The highest BCUT2D eigenvalue weighted by molar-refractivity contribution is 7.89. The van der Waals surface area contributed by atoms with Gasteiger partial charge >= 0.3 is 0 Å². The molecule has 1 heterocycles. The Kier molecular flexibility index (Phi) is 6.13. The van der Waals surface area contributed by atoms with E-state index in [0.29, 0.717) is 11.3 Å². The van der Waals surface area contributed by atoms with Gasteiger partial charge in [-0.15, -0.1) is 0 Å². The second-order valence-electron chi connectivity index (χ2n) is 7.86. The van der Waals surface area contributed by atoms with Gasteiger partial charge in [-0.3, -0.25) is 4.79 Å². The van der Waals surface area contributed by atoms with Crippen LogP contribution >= 0.6 is 0 Å². The van der Waals surface area contributed by atoms with Gasteiger partial charge in [0.1, 0.15) is 5.69 Å². The van der Waals surface area contributed by atoms with Crippen LogP contribution in [0, 0.1) is 13.8 Å². The highest BCUT2D eigenvalue weighted by atomic mass is 32.2. The first-order valence-electron chi connectivity index (χ1n) is 10.3. The zero-order chi connectivity index (χ0) is 23.6. The minimum absolute atomic E-state index is 0.0267. The molecule has 0 aliphatic rings. The maximum Gasteiger partial charge on any atom is 0.255 e. The van der Waals surface area contributed by atoms with E-state index in [2.05, 4.69) is 11.4 Å². The van der Waals surface area contributed by atoms with Gasteiger partial charge in [-0.25, -0.2) is 18.2 Å². The average Bonchev–Trinajstić information content (AvgIpc) is 3.23. The minimum Gasteiger partial charge on any atom is -0.348 e. The van der Waals surface area contributed by atoms with E-state index in [1.807, 2.05) is 56.3 Å². The van der Waals surface area contributed by atoms with E-state index in [1.165, 1.54) is 12.1 Å². The van der Waals surface area contributed by atoms with Gasteiger partial charge in [-0.05, 0) is 49.2 Å². The molecule has 8 heteroatoms. The van der Waals surface area contributed by atoms with Crippen LogP contribution in [-0.2, 0) is 16.6 Å². The molecule has 0 bridgehead atoms. The van der Waals surface area contributed by atoms with Crippen molar-refractivity contribution in [2.45, 2.75) is 25.3 Å². The number of hydrogen-bond acceptors (Lipinski definition) is 4. The Labute approximate surface area is 192 Å². The largest absolute Gasteiger partial charge is 0.348 e. The normalized spacial score (nSPS) is 11.4. The van der Waals surface area contributed by atoms with E-state index >= 15 is 0 Å². The number of para-hydroxylation sites is 1. The number of nitrogens with two attached hydrogens (primary N) is 1. The summed E-state index contributed by atoms with van der Waals surface area (Å²) < 4.78 is 24.6. The molecule has 0 unspecified atom stereocenters. The van der Waals surface area contributed by atoms with Crippen molar-refractivity contribution >= 4 is 15.9 Å². The minimum atomic E-state index is -3.76. The highest BCUT2D eigenvalue weighted by Crippen LogP contribution is 2.27.